The summed E-state index contributed by atoms with van der Waals surface area (Å²) in [6, 6.07) is 14.9. The Hall–Kier alpha value is -3.75. The summed E-state index contributed by atoms with van der Waals surface area (Å²) in [6.07, 6.45) is -4.46. The number of carbonyl (C=O) groups excluding carboxylic acids is 2. The number of carbonyl (C=O) groups is 2. The Bertz CT molecular complexity index is 1150. The summed E-state index contributed by atoms with van der Waals surface area (Å²) in [6.45, 7) is 4.36. The Kier molecular flexibility index (Phi) is 6.13. The van der Waals surface area contributed by atoms with Crippen LogP contribution in [0.2, 0.25) is 0 Å². The zero-order valence-electron chi connectivity index (χ0n) is 17.9. The fourth-order valence-corrected chi connectivity index (χ4v) is 3.69. The average molecular weight is 457 g/mol. The molecule has 0 atom stereocenters. The summed E-state index contributed by atoms with van der Waals surface area (Å²) >= 11 is 0. The van der Waals surface area contributed by atoms with Gasteiger partial charge in [0.2, 0.25) is 5.91 Å². The van der Waals surface area contributed by atoms with E-state index in [0.29, 0.717) is 18.8 Å². The summed E-state index contributed by atoms with van der Waals surface area (Å²) in [5.74, 6) is -0.268. The van der Waals surface area contributed by atoms with E-state index < -0.39 is 17.6 Å². The van der Waals surface area contributed by atoms with Crippen molar-refractivity contribution in [2.45, 2.75) is 13.1 Å². The van der Waals surface area contributed by atoms with Gasteiger partial charge in [-0.3, -0.25) is 9.59 Å². The Balaban J connectivity index is 1.39. The number of furan rings is 1. The molecule has 0 aliphatic carbocycles. The number of piperazine rings is 1. The highest BCUT2D eigenvalue weighted by atomic mass is 19.4. The summed E-state index contributed by atoms with van der Waals surface area (Å²) < 4.78 is 44.3. The minimum Gasteiger partial charge on any atom is -0.451 e. The zero-order chi connectivity index (χ0) is 23.6. The standard InChI is InChI=1S/C24H22F3N3O3/c1-16(31)29-11-13-30(14-12-29)20-7-5-19(6-8-20)28-23(32)22-10-9-21(33-22)17-3-2-4-18(15-17)24(25,26)27/h2-10,15H,11-14H2,1H3,(H,28,32). The molecule has 1 aliphatic rings. The van der Waals surface area contributed by atoms with Crippen molar-refractivity contribution in [3.8, 4) is 11.3 Å². The van der Waals surface area contributed by atoms with Gasteiger partial charge >= 0.3 is 6.18 Å². The van der Waals surface area contributed by atoms with Gasteiger partial charge in [0.1, 0.15) is 5.76 Å². The van der Waals surface area contributed by atoms with Gasteiger partial charge in [-0.15, -0.1) is 0 Å². The predicted molar refractivity (Wildman–Crippen MR) is 118 cm³/mol. The second kappa shape index (κ2) is 9.01. The first kappa shape index (κ1) is 22.4. The van der Waals surface area contributed by atoms with E-state index >= 15 is 0 Å². The maximum absolute atomic E-state index is 12.9. The Labute approximate surface area is 188 Å². The molecule has 0 radical (unpaired) electrons. The molecule has 3 aromatic rings. The van der Waals surface area contributed by atoms with Crippen LogP contribution in [0.15, 0.2) is 65.1 Å². The number of halogens is 3. The van der Waals surface area contributed by atoms with Gasteiger partial charge in [-0.25, -0.2) is 0 Å². The molecule has 1 aliphatic heterocycles. The first-order valence-electron chi connectivity index (χ1n) is 10.4. The molecule has 33 heavy (non-hydrogen) atoms. The average Bonchev–Trinajstić information content (AvgIpc) is 3.30. The van der Waals surface area contributed by atoms with Gasteiger partial charge in [0.25, 0.3) is 5.91 Å². The van der Waals surface area contributed by atoms with E-state index in [9.17, 15) is 22.8 Å². The van der Waals surface area contributed by atoms with Crippen LogP contribution in [0, 0.1) is 0 Å². The fourth-order valence-electron chi connectivity index (χ4n) is 3.69. The molecule has 1 saturated heterocycles. The molecule has 172 valence electrons. The van der Waals surface area contributed by atoms with Crippen molar-refractivity contribution in [3.05, 3.63) is 72.0 Å². The molecule has 1 N–H and O–H groups in total. The first-order chi connectivity index (χ1) is 15.7. The van der Waals surface area contributed by atoms with E-state index in [1.165, 1.54) is 24.3 Å². The summed E-state index contributed by atoms with van der Waals surface area (Å²) in [7, 11) is 0. The molecule has 0 saturated carbocycles. The lowest BCUT2D eigenvalue weighted by molar-refractivity contribution is -0.137. The smallest absolute Gasteiger partial charge is 0.416 e. The van der Waals surface area contributed by atoms with E-state index in [2.05, 4.69) is 10.2 Å². The first-order valence-corrected chi connectivity index (χ1v) is 10.4. The Morgan fingerprint density at radius 1 is 0.939 bits per heavy atom. The molecule has 0 spiro atoms. The fraction of sp³-hybridized carbons (Fsp3) is 0.250. The molecule has 9 heteroatoms. The molecule has 2 heterocycles. The molecule has 2 aromatic carbocycles. The van der Waals surface area contributed by atoms with Gasteiger partial charge in [0.15, 0.2) is 5.76 Å². The third kappa shape index (κ3) is 5.19. The second-order valence-corrected chi connectivity index (χ2v) is 7.74. The van der Waals surface area contributed by atoms with Crippen LogP contribution >= 0.6 is 0 Å². The van der Waals surface area contributed by atoms with Gasteiger partial charge in [-0.05, 0) is 48.5 Å². The van der Waals surface area contributed by atoms with Crippen LogP contribution in [0.1, 0.15) is 23.0 Å². The van der Waals surface area contributed by atoms with Crippen LogP contribution in [0.5, 0.6) is 0 Å². The number of benzene rings is 2. The molecule has 1 aromatic heterocycles. The van der Waals surface area contributed by atoms with Crippen LogP contribution < -0.4 is 10.2 Å². The molecule has 6 nitrogen and oxygen atoms in total. The summed E-state index contributed by atoms with van der Waals surface area (Å²) in [4.78, 5) is 28.0. The van der Waals surface area contributed by atoms with Gasteiger partial charge in [0.05, 0.1) is 5.56 Å². The lowest BCUT2D eigenvalue weighted by Crippen LogP contribution is -2.48. The highest BCUT2D eigenvalue weighted by Gasteiger charge is 2.30. The highest BCUT2D eigenvalue weighted by molar-refractivity contribution is 6.02. The maximum atomic E-state index is 12.9. The van der Waals surface area contributed by atoms with E-state index in [-0.39, 0.29) is 23.0 Å². The minimum absolute atomic E-state index is 0.00755. The van der Waals surface area contributed by atoms with E-state index in [0.717, 1.165) is 30.9 Å². The van der Waals surface area contributed by atoms with Gasteiger partial charge in [0, 0.05) is 50.0 Å². The quantitative estimate of drug-likeness (QED) is 0.606. The van der Waals surface area contributed by atoms with Crippen molar-refractivity contribution in [2.24, 2.45) is 0 Å². The Morgan fingerprint density at radius 2 is 1.64 bits per heavy atom. The lowest BCUT2D eigenvalue weighted by Gasteiger charge is -2.35. The van der Waals surface area contributed by atoms with E-state index in [4.69, 9.17) is 4.42 Å². The summed E-state index contributed by atoms with van der Waals surface area (Å²) in [5.41, 5.74) is 0.993. The molecule has 4 rings (SSSR count). The van der Waals surface area contributed by atoms with Crippen LogP contribution in [0.3, 0.4) is 0 Å². The largest absolute Gasteiger partial charge is 0.451 e. The number of alkyl halides is 3. The van der Waals surface area contributed by atoms with Crippen LogP contribution in [0.4, 0.5) is 24.5 Å². The molecule has 0 bridgehead atoms. The van der Waals surface area contributed by atoms with Gasteiger partial charge in [-0.1, -0.05) is 12.1 Å². The van der Waals surface area contributed by atoms with Crippen molar-refractivity contribution < 1.29 is 27.2 Å². The third-order valence-corrected chi connectivity index (χ3v) is 5.52. The second-order valence-electron chi connectivity index (χ2n) is 7.74. The third-order valence-electron chi connectivity index (χ3n) is 5.52. The molecule has 0 unspecified atom stereocenters. The number of nitrogens with zero attached hydrogens (tertiary/aromatic N) is 2. The number of hydrogen-bond acceptors (Lipinski definition) is 4. The van der Waals surface area contributed by atoms with Gasteiger partial charge < -0.3 is 19.5 Å². The monoisotopic (exact) mass is 457 g/mol. The number of hydrogen-bond donors (Lipinski definition) is 1. The number of nitrogens with one attached hydrogen (secondary N) is 1. The topological polar surface area (TPSA) is 65.8 Å². The van der Waals surface area contributed by atoms with Crippen LogP contribution in [0.25, 0.3) is 11.3 Å². The van der Waals surface area contributed by atoms with Crippen LogP contribution in [-0.2, 0) is 11.0 Å². The van der Waals surface area contributed by atoms with E-state index in [1.54, 1.807) is 19.1 Å². The number of anilines is 2. The summed E-state index contributed by atoms with van der Waals surface area (Å²) in [5, 5.41) is 2.73. The number of rotatable bonds is 4. The van der Waals surface area contributed by atoms with Crippen molar-refractivity contribution in [1.82, 2.24) is 4.90 Å². The Morgan fingerprint density at radius 3 is 2.27 bits per heavy atom. The molecule has 2 amide bonds. The van der Waals surface area contributed by atoms with Crippen molar-refractivity contribution in [1.29, 1.82) is 0 Å². The highest BCUT2D eigenvalue weighted by Crippen LogP contribution is 2.32. The molecular formula is C24H22F3N3O3. The van der Waals surface area contributed by atoms with Gasteiger partial charge in [-0.2, -0.15) is 13.2 Å². The van der Waals surface area contributed by atoms with Crippen molar-refractivity contribution in [2.75, 3.05) is 36.4 Å². The molecule has 1 fully saturated rings. The normalized spacial score (nSPS) is 14.3. The zero-order valence-corrected chi connectivity index (χ0v) is 17.9. The van der Waals surface area contributed by atoms with Crippen molar-refractivity contribution >= 4 is 23.2 Å². The SMILES string of the molecule is CC(=O)N1CCN(c2ccc(NC(=O)c3ccc(-c4cccc(C(F)(F)F)c4)o3)cc2)CC1. The minimum atomic E-state index is -4.46. The maximum Gasteiger partial charge on any atom is 0.416 e. The number of amides is 2. The van der Waals surface area contributed by atoms with Crippen LogP contribution in [-0.4, -0.2) is 42.9 Å². The van der Waals surface area contributed by atoms with Crippen molar-refractivity contribution in [3.63, 3.8) is 0 Å². The van der Waals surface area contributed by atoms with E-state index in [1.807, 2.05) is 17.0 Å². The molecular weight excluding hydrogens is 435 g/mol. The predicted octanol–water partition coefficient (Wildman–Crippen LogP) is 4.89. The lowest BCUT2D eigenvalue weighted by atomic mass is 10.1.